The molecular weight excluding hydrogens is 462 g/mol. The lowest BCUT2D eigenvalue weighted by molar-refractivity contribution is -0.384. The molecule has 10 nitrogen and oxygen atoms in total. The predicted molar refractivity (Wildman–Crippen MR) is 137 cm³/mol. The van der Waals surface area contributed by atoms with Crippen LogP contribution in [0.3, 0.4) is 0 Å². The number of para-hydroxylation sites is 1. The number of urea groups is 1. The molecule has 0 saturated heterocycles. The third kappa shape index (κ3) is 5.83. The number of aromatic nitrogens is 1. The third-order valence-corrected chi connectivity index (χ3v) is 6.81. The number of nitro groups is 1. The molecule has 5 N–H and O–H groups in total. The molecule has 0 bridgehead atoms. The van der Waals surface area contributed by atoms with Crippen LogP contribution in [0.4, 0.5) is 16.2 Å². The van der Waals surface area contributed by atoms with Gasteiger partial charge < -0.3 is 26.0 Å². The Labute approximate surface area is 208 Å². The van der Waals surface area contributed by atoms with Gasteiger partial charge in [-0.05, 0) is 43.5 Å². The average Bonchev–Trinajstić information content (AvgIpc) is 3.25. The predicted octanol–water partition coefficient (Wildman–Crippen LogP) is 4.01. The topological polar surface area (TPSA) is 149 Å². The zero-order chi connectivity index (χ0) is 25.8. The van der Waals surface area contributed by atoms with E-state index in [9.17, 15) is 24.8 Å². The molecule has 0 unspecified atom stereocenters. The molecule has 4 rings (SSSR count). The first-order valence-electron chi connectivity index (χ1n) is 12.1. The molecule has 0 spiro atoms. The number of nitrogens with zero attached hydrogens (tertiary/aromatic N) is 1. The van der Waals surface area contributed by atoms with Gasteiger partial charge >= 0.3 is 6.03 Å². The number of non-ortho nitro benzene ring substituents is 1. The molecule has 1 atom stereocenters. The molecule has 190 valence electrons. The molecule has 3 aromatic rings. The van der Waals surface area contributed by atoms with Gasteiger partial charge in [-0.2, -0.15) is 0 Å². The number of aliphatic hydroxyl groups is 1. The first-order chi connectivity index (χ1) is 17.2. The summed E-state index contributed by atoms with van der Waals surface area (Å²) >= 11 is 0. The lowest BCUT2D eigenvalue weighted by Crippen LogP contribution is -2.60. The Bertz CT molecular complexity index is 1250. The average molecular weight is 494 g/mol. The first kappa shape index (κ1) is 25.2. The number of amides is 3. The van der Waals surface area contributed by atoms with E-state index in [1.54, 1.807) is 6.92 Å². The zero-order valence-electron chi connectivity index (χ0n) is 20.2. The summed E-state index contributed by atoms with van der Waals surface area (Å²) in [6.45, 7) is 1.76. The smallest absolute Gasteiger partial charge is 0.320 e. The summed E-state index contributed by atoms with van der Waals surface area (Å²) in [6, 6.07) is 12.5. The Morgan fingerprint density at radius 3 is 2.50 bits per heavy atom. The van der Waals surface area contributed by atoms with Gasteiger partial charge in [0.2, 0.25) is 5.91 Å². The van der Waals surface area contributed by atoms with Gasteiger partial charge in [-0.3, -0.25) is 14.9 Å². The minimum absolute atomic E-state index is 0.0924. The van der Waals surface area contributed by atoms with Crippen molar-refractivity contribution in [3.05, 3.63) is 70.4 Å². The summed E-state index contributed by atoms with van der Waals surface area (Å²) in [5.74, 6) is -0.411. The Morgan fingerprint density at radius 1 is 1.11 bits per heavy atom. The fourth-order valence-electron chi connectivity index (χ4n) is 4.75. The van der Waals surface area contributed by atoms with Crippen LogP contribution in [0.15, 0.2) is 54.7 Å². The van der Waals surface area contributed by atoms with Crippen LogP contribution in [0.25, 0.3) is 10.9 Å². The molecule has 0 aliphatic heterocycles. The quantitative estimate of drug-likeness (QED) is 0.237. The molecule has 36 heavy (non-hydrogen) atoms. The van der Waals surface area contributed by atoms with Crippen molar-refractivity contribution in [1.29, 1.82) is 0 Å². The van der Waals surface area contributed by atoms with Crippen molar-refractivity contribution in [1.82, 2.24) is 15.6 Å². The molecule has 1 aliphatic carbocycles. The van der Waals surface area contributed by atoms with Crippen molar-refractivity contribution in [2.45, 2.75) is 56.6 Å². The van der Waals surface area contributed by atoms with E-state index in [1.165, 1.54) is 24.3 Å². The van der Waals surface area contributed by atoms with E-state index in [1.807, 2.05) is 30.5 Å². The number of anilines is 1. The molecule has 1 saturated carbocycles. The van der Waals surface area contributed by atoms with Gasteiger partial charge in [0.15, 0.2) is 0 Å². The zero-order valence-corrected chi connectivity index (χ0v) is 20.2. The van der Waals surface area contributed by atoms with Crippen LogP contribution in [-0.4, -0.2) is 44.6 Å². The maximum absolute atomic E-state index is 13.5. The van der Waals surface area contributed by atoms with Gasteiger partial charge in [0.1, 0.15) is 5.54 Å². The van der Waals surface area contributed by atoms with Gasteiger partial charge in [-0.15, -0.1) is 0 Å². The van der Waals surface area contributed by atoms with Crippen molar-refractivity contribution in [3.8, 4) is 0 Å². The van der Waals surface area contributed by atoms with Crippen molar-refractivity contribution < 1.29 is 19.6 Å². The first-order valence-corrected chi connectivity index (χ1v) is 12.1. The molecule has 2 aromatic carbocycles. The molecule has 3 amide bonds. The number of rotatable bonds is 8. The standard InChI is InChI=1S/C26H31N5O5/c1-25(15-18-16-27-22-8-4-3-7-21(18)22,23(32)28-17-26(34)13-5-2-6-14-26)30-24(33)29-19-9-11-20(12-10-19)31(35)36/h3-4,7-12,16,27,34H,2,5-6,13-15,17H2,1H3,(H,28,32)(H2,29,30,33)/t25-/m0/s1. The van der Waals surface area contributed by atoms with Gasteiger partial charge in [0.05, 0.1) is 10.5 Å². The molecule has 1 heterocycles. The molecule has 1 fully saturated rings. The highest BCUT2D eigenvalue weighted by atomic mass is 16.6. The monoisotopic (exact) mass is 493 g/mol. The summed E-state index contributed by atoms with van der Waals surface area (Å²) < 4.78 is 0. The Balaban J connectivity index is 1.52. The highest BCUT2D eigenvalue weighted by molar-refractivity contribution is 5.96. The van der Waals surface area contributed by atoms with Crippen LogP contribution in [0.1, 0.15) is 44.6 Å². The third-order valence-electron chi connectivity index (χ3n) is 6.81. The highest BCUT2D eigenvalue weighted by Gasteiger charge is 2.38. The summed E-state index contributed by atoms with van der Waals surface area (Å²) in [7, 11) is 0. The van der Waals surface area contributed by atoms with Gasteiger partial charge in [0, 0.05) is 47.9 Å². The molecule has 0 radical (unpaired) electrons. The Kier molecular flexibility index (Phi) is 7.25. The molecule has 10 heteroatoms. The summed E-state index contributed by atoms with van der Waals surface area (Å²) in [5, 5.41) is 31.0. The fourth-order valence-corrected chi connectivity index (χ4v) is 4.75. The summed E-state index contributed by atoms with van der Waals surface area (Å²) in [4.78, 5) is 39.9. The second kappa shape index (κ2) is 10.4. The van der Waals surface area contributed by atoms with Crippen molar-refractivity contribution >= 4 is 34.2 Å². The lowest BCUT2D eigenvalue weighted by atomic mass is 9.84. The van der Waals surface area contributed by atoms with E-state index < -0.39 is 28.0 Å². The van der Waals surface area contributed by atoms with Crippen LogP contribution in [-0.2, 0) is 11.2 Å². The maximum Gasteiger partial charge on any atom is 0.320 e. The van der Waals surface area contributed by atoms with E-state index in [0.717, 1.165) is 35.7 Å². The molecular formula is C26H31N5O5. The van der Waals surface area contributed by atoms with Gasteiger partial charge in [-0.25, -0.2) is 4.79 Å². The van der Waals surface area contributed by atoms with E-state index in [0.29, 0.717) is 18.5 Å². The van der Waals surface area contributed by atoms with Crippen LogP contribution in [0.2, 0.25) is 0 Å². The van der Waals surface area contributed by atoms with E-state index in [2.05, 4.69) is 20.9 Å². The number of H-pyrrole nitrogens is 1. The lowest BCUT2D eigenvalue weighted by Gasteiger charge is -2.35. The number of benzene rings is 2. The summed E-state index contributed by atoms with van der Waals surface area (Å²) in [6.07, 6.45) is 6.17. The number of hydrogen-bond donors (Lipinski definition) is 5. The van der Waals surface area contributed by atoms with Crippen LogP contribution >= 0.6 is 0 Å². The number of nitro benzene ring substituents is 1. The van der Waals surface area contributed by atoms with E-state index in [4.69, 9.17) is 0 Å². The fraction of sp³-hybridized carbons (Fsp3) is 0.385. The second-order valence-corrected chi connectivity index (χ2v) is 9.72. The van der Waals surface area contributed by atoms with Crippen molar-refractivity contribution in [2.24, 2.45) is 0 Å². The van der Waals surface area contributed by atoms with Crippen LogP contribution in [0.5, 0.6) is 0 Å². The molecule has 1 aliphatic rings. The number of aromatic amines is 1. The normalized spacial score (nSPS) is 16.6. The van der Waals surface area contributed by atoms with Crippen molar-refractivity contribution in [3.63, 3.8) is 0 Å². The number of carbonyl (C=O) groups is 2. The van der Waals surface area contributed by atoms with E-state index >= 15 is 0 Å². The Hall–Kier alpha value is -3.92. The van der Waals surface area contributed by atoms with Gasteiger partial charge in [0.25, 0.3) is 5.69 Å². The number of nitrogens with one attached hydrogen (secondary N) is 4. The maximum atomic E-state index is 13.5. The van der Waals surface area contributed by atoms with Crippen LogP contribution in [0, 0.1) is 10.1 Å². The van der Waals surface area contributed by atoms with E-state index in [-0.39, 0.29) is 18.7 Å². The number of hydrogen-bond acceptors (Lipinski definition) is 5. The number of carbonyl (C=O) groups excluding carboxylic acids is 2. The second-order valence-electron chi connectivity index (χ2n) is 9.72. The Morgan fingerprint density at radius 2 is 1.81 bits per heavy atom. The van der Waals surface area contributed by atoms with Crippen molar-refractivity contribution in [2.75, 3.05) is 11.9 Å². The minimum Gasteiger partial charge on any atom is -0.388 e. The van der Waals surface area contributed by atoms with Gasteiger partial charge in [-0.1, -0.05) is 37.5 Å². The summed E-state index contributed by atoms with van der Waals surface area (Å²) in [5.41, 5.74) is -0.260. The highest BCUT2D eigenvalue weighted by Crippen LogP contribution is 2.28. The van der Waals surface area contributed by atoms with Crippen LogP contribution < -0.4 is 16.0 Å². The molecule has 1 aromatic heterocycles. The largest absolute Gasteiger partial charge is 0.388 e. The minimum atomic E-state index is -1.35. The number of fused-ring (bicyclic) bond motifs is 1. The SMILES string of the molecule is C[C@@](Cc1c[nH]c2ccccc12)(NC(=O)Nc1ccc([N+](=O)[O-])cc1)C(=O)NCC1(O)CCCCC1.